The third kappa shape index (κ3) is 3.91. The van der Waals surface area contributed by atoms with E-state index in [1.807, 2.05) is 36.0 Å². The van der Waals surface area contributed by atoms with Gasteiger partial charge in [0.05, 0.1) is 12.3 Å². The molecule has 1 saturated heterocycles. The maximum Gasteiger partial charge on any atom is 0.410 e. The number of pyridine rings is 2. The molecule has 30 heavy (non-hydrogen) atoms. The van der Waals surface area contributed by atoms with Crippen molar-refractivity contribution in [3.05, 3.63) is 48.4 Å². The minimum Gasteiger partial charge on any atom is -0.473 e. The Hall–Kier alpha value is -3.62. The zero-order valence-corrected chi connectivity index (χ0v) is 16.9. The predicted molar refractivity (Wildman–Crippen MR) is 110 cm³/mol. The number of fused-ring (bicyclic) bond motifs is 1. The van der Waals surface area contributed by atoms with Crippen molar-refractivity contribution in [2.75, 3.05) is 31.1 Å². The molecule has 0 atom stereocenters. The van der Waals surface area contributed by atoms with E-state index < -0.39 is 6.09 Å². The lowest BCUT2D eigenvalue weighted by Gasteiger charge is -2.33. The Morgan fingerprint density at radius 3 is 2.70 bits per heavy atom. The second-order valence-corrected chi connectivity index (χ2v) is 6.96. The molecule has 1 fully saturated rings. The van der Waals surface area contributed by atoms with Crippen molar-refractivity contribution in [3.63, 3.8) is 0 Å². The summed E-state index contributed by atoms with van der Waals surface area (Å²) in [6, 6.07) is 7.48. The van der Waals surface area contributed by atoms with E-state index in [0.29, 0.717) is 25.6 Å². The van der Waals surface area contributed by atoms with Crippen LogP contribution in [-0.4, -0.2) is 57.7 Å². The SMILES string of the molecule is CCOC(=O)N1CCN(c2cn(C)c3nc(OCc4ccncc4)ccc23)C(=O)C1. The molecule has 0 unspecified atom stereocenters. The summed E-state index contributed by atoms with van der Waals surface area (Å²) in [5.74, 6) is 0.352. The number of amides is 2. The van der Waals surface area contributed by atoms with E-state index in [1.54, 1.807) is 30.3 Å². The van der Waals surface area contributed by atoms with Crippen LogP contribution in [-0.2, 0) is 23.2 Å². The van der Waals surface area contributed by atoms with Crippen LogP contribution in [0.5, 0.6) is 5.88 Å². The van der Waals surface area contributed by atoms with Crippen LogP contribution in [0.4, 0.5) is 10.5 Å². The minimum atomic E-state index is -0.457. The van der Waals surface area contributed by atoms with Gasteiger partial charge in [-0.1, -0.05) is 0 Å². The summed E-state index contributed by atoms with van der Waals surface area (Å²) in [4.78, 5) is 36.3. The molecule has 4 rings (SSSR count). The molecule has 0 bridgehead atoms. The lowest BCUT2D eigenvalue weighted by Crippen LogP contribution is -2.52. The molecule has 0 aliphatic carbocycles. The van der Waals surface area contributed by atoms with E-state index in [4.69, 9.17) is 9.47 Å². The molecule has 4 heterocycles. The van der Waals surface area contributed by atoms with E-state index in [0.717, 1.165) is 22.3 Å². The molecule has 9 nitrogen and oxygen atoms in total. The van der Waals surface area contributed by atoms with Crippen molar-refractivity contribution in [2.24, 2.45) is 7.05 Å². The van der Waals surface area contributed by atoms with Crippen LogP contribution in [0.1, 0.15) is 12.5 Å². The summed E-state index contributed by atoms with van der Waals surface area (Å²) < 4.78 is 12.7. The highest BCUT2D eigenvalue weighted by molar-refractivity contribution is 6.04. The molecule has 2 amide bonds. The Balaban J connectivity index is 1.51. The zero-order valence-electron chi connectivity index (χ0n) is 16.9. The number of anilines is 1. The lowest BCUT2D eigenvalue weighted by molar-refractivity contribution is -0.120. The van der Waals surface area contributed by atoms with Gasteiger partial charge in [0.15, 0.2) is 0 Å². The van der Waals surface area contributed by atoms with Crippen molar-refractivity contribution in [3.8, 4) is 5.88 Å². The molecule has 9 heteroatoms. The first-order valence-corrected chi connectivity index (χ1v) is 9.76. The fourth-order valence-electron chi connectivity index (χ4n) is 3.44. The number of nitrogens with zero attached hydrogens (tertiary/aromatic N) is 5. The number of aryl methyl sites for hydroxylation is 1. The highest BCUT2D eigenvalue weighted by Crippen LogP contribution is 2.30. The minimum absolute atomic E-state index is 0.00419. The normalized spacial score (nSPS) is 14.3. The molecule has 156 valence electrons. The molecule has 0 spiro atoms. The monoisotopic (exact) mass is 409 g/mol. The smallest absolute Gasteiger partial charge is 0.410 e. The number of piperazine rings is 1. The first kappa shape index (κ1) is 19.7. The maximum absolute atomic E-state index is 12.7. The van der Waals surface area contributed by atoms with Gasteiger partial charge in [-0.05, 0) is 30.7 Å². The van der Waals surface area contributed by atoms with Crippen molar-refractivity contribution in [1.82, 2.24) is 19.4 Å². The van der Waals surface area contributed by atoms with Crippen LogP contribution in [0.15, 0.2) is 42.9 Å². The highest BCUT2D eigenvalue weighted by atomic mass is 16.6. The molecule has 0 aromatic carbocycles. The molecule has 1 aliphatic heterocycles. The third-order valence-electron chi connectivity index (χ3n) is 4.95. The Kier molecular flexibility index (Phi) is 5.51. The van der Waals surface area contributed by atoms with Gasteiger partial charge >= 0.3 is 6.09 Å². The second-order valence-electron chi connectivity index (χ2n) is 6.96. The number of carbonyl (C=O) groups excluding carboxylic acids is 2. The van der Waals surface area contributed by atoms with Gasteiger partial charge in [0.1, 0.15) is 18.8 Å². The van der Waals surface area contributed by atoms with Gasteiger partial charge in [-0.2, -0.15) is 4.98 Å². The average Bonchev–Trinajstić information content (AvgIpc) is 3.09. The standard InChI is InChI=1S/C21H23N5O4/c1-3-29-21(28)25-10-11-26(19(27)13-25)17-12-24(2)20-16(17)4-5-18(23-20)30-14-15-6-8-22-9-7-15/h4-9,12H,3,10-11,13-14H2,1-2H3. The zero-order chi connectivity index (χ0) is 21.1. The molecular formula is C21H23N5O4. The number of carbonyl (C=O) groups is 2. The van der Waals surface area contributed by atoms with Crippen molar-refractivity contribution >= 4 is 28.7 Å². The van der Waals surface area contributed by atoms with E-state index in [-0.39, 0.29) is 19.1 Å². The quantitative estimate of drug-likeness (QED) is 0.643. The first-order valence-electron chi connectivity index (χ1n) is 9.76. The molecular weight excluding hydrogens is 386 g/mol. The molecule has 3 aromatic rings. The van der Waals surface area contributed by atoms with Gasteiger partial charge in [0.2, 0.25) is 11.8 Å². The van der Waals surface area contributed by atoms with E-state index in [1.165, 1.54) is 4.90 Å². The van der Waals surface area contributed by atoms with Gasteiger partial charge in [0.25, 0.3) is 0 Å². The first-order chi connectivity index (χ1) is 14.6. The largest absolute Gasteiger partial charge is 0.473 e. The van der Waals surface area contributed by atoms with Crippen LogP contribution in [0, 0.1) is 0 Å². The number of hydrogen-bond acceptors (Lipinski definition) is 6. The lowest BCUT2D eigenvalue weighted by atomic mass is 10.2. The number of rotatable bonds is 5. The van der Waals surface area contributed by atoms with Gasteiger partial charge in [-0.15, -0.1) is 0 Å². The maximum atomic E-state index is 12.7. The number of ether oxygens (including phenoxy) is 2. The molecule has 0 saturated carbocycles. The number of aromatic nitrogens is 3. The molecule has 1 aliphatic rings. The predicted octanol–water partition coefficient (Wildman–Crippen LogP) is 2.35. The fourth-order valence-corrected chi connectivity index (χ4v) is 3.44. The van der Waals surface area contributed by atoms with Crippen LogP contribution in [0.2, 0.25) is 0 Å². The van der Waals surface area contributed by atoms with Gasteiger partial charge in [0, 0.05) is 50.2 Å². The second kappa shape index (κ2) is 8.40. The fraction of sp³-hybridized carbons (Fsp3) is 0.333. The molecule has 0 N–H and O–H groups in total. The van der Waals surface area contributed by atoms with Crippen LogP contribution in [0.3, 0.4) is 0 Å². The Bertz CT molecular complexity index is 1070. The summed E-state index contributed by atoms with van der Waals surface area (Å²) in [5, 5.41) is 0.853. The Labute approximate surface area is 173 Å². The van der Waals surface area contributed by atoms with Gasteiger partial charge in [-0.25, -0.2) is 4.79 Å². The summed E-state index contributed by atoms with van der Waals surface area (Å²) in [7, 11) is 1.88. The summed E-state index contributed by atoms with van der Waals surface area (Å²) in [5.41, 5.74) is 2.50. The van der Waals surface area contributed by atoms with Crippen LogP contribution in [0.25, 0.3) is 11.0 Å². The van der Waals surface area contributed by atoms with Crippen LogP contribution < -0.4 is 9.64 Å². The highest BCUT2D eigenvalue weighted by Gasteiger charge is 2.30. The van der Waals surface area contributed by atoms with Gasteiger partial charge < -0.3 is 18.9 Å². The van der Waals surface area contributed by atoms with E-state index in [2.05, 4.69) is 9.97 Å². The average molecular weight is 409 g/mol. The van der Waals surface area contributed by atoms with Crippen molar-refractivity contribution in [1.29, 1.82) is 0 Å². The third-order valence-corrected chi connectivity index (χ3v) is 4.95. The molecule has 0 radical (unpaired) electrons. The summed E-state index contributed by atoms with van der Waals surface area (Å²) >= 11 is 0. The van der Waals surface area contributed by atoms with Crippen LogP contribution >= 0.6 is 0 Å². The van der Waals surface area contributed by atoms with E-state index >= 15 is 0 Å². The van der Waals surface area contributed by atoms with Gasteiger partial charge in [-0.3, -0.25) is 14.7 Å². The Morgan fingerprint density at radius 2 is 1.97 bits per heavy atom. The topological polar surface area (TPSA) is 89.8 Å². The van der Waals surface area contributed by atoms with Crippen molar-refractivity contribution in [2.45, 2.75) is 13.5 Å². The Morgan fingerprint density at radius 1 is 1.17 bits per heavy atom. The van der Waals surface area contributed by atoms with Crippen molar-refractivity contribution < 1.29 is 19.1 Å². The molecule has 3 aromatic heterocycles. The number of hydrogen-bond donors (Lipinski definition) is 0. The summed E-state index contributed by atoms with van der Waals surface area (Å²) in [6.45, 7) is 3.24. The van der Waals surface area contributed by atoms with E-state index in [9.17, 15) is 9.59 Å². The summed E-state index contributed by atoms with van der Waals surface area (Å²) in [6.07, 6.45) is 4.86.